The lowest BCUT2D eigenvalue weighted by Crippen LogP contribution is -2.13. The molecule has 1 aliphatic heterocycles. The maximum Gasteiger partial charge on any atom is 0.255 e. The number of pyridine rings is 1. The van der Waals surface area contributed by atoms with Crippen molar-refractivity contribution >= 4 is 34.5 Å². The molecule has 5 rings (SSSR count). The molecule has 0 saturated carbocycles. The van der Waals surface area contributed by atoms with Gasteiger partial charge in [-0.25, -0.2) is 4.98 Å². The fraction of sp³-hybridized carbons (Fsp3) is 0.120. The largest absolute Gasteiger partial charge is 0.326 e. The smallest absolute Gasteiger partial charge is 0.255 e. The second-order valence-electron chi connectivity index (χ2n) is 7.59. The van der Waals surface area contributed by atoms with Crippen LogP contribution in [0.4, 0.5) is 11.4 Å². The van der Waals surface area contributed by atoms with Gasteiger partial charge in [-0.2, -0.15) is 0 Å². The summed E-state index contributed by atoms with van der Waals surface area (Å²) in [4.78, 5) is 33.5. The first-order valence-corrected chi connectivity index (χ1v) is 11.2. The molecular formula is C25H20N4O2S. The van der Waals surface area contributed by atoms with Crippen LogP contribution in [0.15, 0.2) is 72.4 Å². The quantitative estimate of drug-likeness (QED) is 0.445. The second kappa shape index (κ2) is 8.72. The number of fused-ring (bicyclic) bond motifs is 1. The van der Waals surface area contributed by atoms with E-state index in [9.17, 15) is 9.59 Å². The Morgan fingerprint density at radius 2 is 1.94 bits per heavy atom. The lowest BCUT2D eigenvalue weighted by atomic mass is 10.0. The van der Waals surface area contributed by atoms with Crippen molar-refractivity contribution in [3.05, 3.63) is 83.5 Å². The Labute approximate surface area is 189 Å². The summed E-state index contributed by atoms with van der Waals surface area (Å²) in [6, 6.07) is 16.9. The number of nitrogens with zero attached hydrogens (tertiary/aromatic N) is 2. The third-order valence-electron chi connectivity index (χ3n) is 5.32. The average molecular weight is 441 g/mol. The number of amides is 2. The van der Waals surface area contributed by atoms with Crippen molar-refractivity contribution in [1.82, 2.24) is 9.97 Å². The number of hydrogen-bond acceptors (Lipinski definition) is 5. The maximum atomic E-state index is 12.9. The molecule has 0 saturated heterocycles. The van der Waals surface area contributed by atoms with Crippen LogP contribution in [0.25, 0.3) is 21.8 Å². The number of hydrogen-bond donors (Lipinski definition) is 2. The van der Waals surface area contributed by atoms with E-state index in [4.69, 9.17) is 4.98 Å². The molecule has 6 nitrogen and oxygen atoms in total. The molecule has 0 atom stereocenters. The Balaban J connectivity index is 1.34. The number of nitrogens with one attached hydrogen (secondary N) is 2. The predicted octanol–water partition coefficient (Wildman–Crippen LogP) is 5.40. The third-order valence-corrected chi connectivity index (χ3v) is 6.21. The van der Waals surface area contributed by atoms with E-state index in [0.29, 0.717) is 17.7 Å². The van der Waals surface area contributed by atoms with Gasteiger partial charge in [-0.1, -0.05) is 12.1 Å². The molecule has 0 bridgehead atoms. The first kappa shape index (κ1) is 20.1. The number of anilines is 2. The zero-order chi connectivity index (χ0) is 21.9. The number of benzene rings is 2. The molecule has 3 heterocycles. The van der Waals surface area contributed by atoms with Gasteiger partial charge in [0, 0.05) is 52.3 Å². The van der Waals surface area contributed by atoms with Crippen LogP contribution in [0.1, 0.15) is 28.8 Å². The lowest BCUT2D eigenvalue weighted by molar-refractivity contribution is -0.116. The van der Waals surface area contributed by atoms with Gasteiger partial charge in [-0.3, -0.25) is 14.6 Å². The molecule has 32 heavy (non-hydrogen) atoms. The number of aryl methyl sites for hydroxylation is 1. The fourth-order valence-corrected chi connectivity index (χ4v) is 4.52. The number of carbonyl (C=O) groups is 2. The summed E-state index contributed by atoms with van der Waals surface area (Å²) in [6.07, 6.45) is 5.59. The van der Waals surface area contributed by atoms with Crippen LogP contribution in [-0.4, -0.2) is 21.8 Å². The normalized spacial score (nSPS) is 13.1. The zero-order valence-electron chi connectivity index (χ0n) is 17.2. The minimum atomic E-state index is -0.185. The SMILES string of the molecule is O=C1CCCc2cc(C(=O)Nc3cccc(-c4csc(-c5cccnc5)n4)c3)ccc2N1. The Kier molecular flexibility index (Phi) is 5.47. The molecule has 1 aliphatic rings. The number of rotatable bonds is 4. The maximum absolute atomic E-state index is 12.9. The average Bonchev–Trinajstić information content (AvgIpc) is 3.23. The van der Waals surface area contributed by atoms with Crippen LogP contribution in [0, 0.1) is 0 Å². The summed E-state index contributed by atoms with van der Waals surface area (Å²) >= 11 is 1.56. The van der Waals surface area contributed by atoms with Gasteiger partial charge in [0.25, 0.3) is 5.91 Å². The number of thiazole rings is 1. The summed E-state index contributed by atoms with van der Waals surface area (Å²) in [5, 5.41) is 8.78. The van der Waals surface area contributed by atoms with E-state index >= 15 is 0 Å². The molecule has 2 aromatic carbocycles. The van der Waals surface area contributed by atoms with Gasteiger partial charge < -0.3 is 10.6 Å². The molecule has 0 spiro atoms. The third kappa shape index (κ3) is 4.29. The minimum Gasteiger partial charge on any atom is -0.326 e. The van der Waals surface area contributed by atoms with E-state index in [1.165, 1.54) is 0 Å². The standard InChI is InChI=1S/C25H20N4O2S/c30-23-8-2-5-16-12-18(9-10-21(16)28-23)24(31)27-20-7-1-4-17(13-20)22-15-32-25(29-22)19-6-3-11-26-14-19/h1,3-4,6-7,9-15H,2,5,8H2,(H,27,31)(H,28,30). The van der Waals surface area contributed by atoms with Crippen molar-refractivity contribution in [3.8, 4) is 21.8 Å². The summed E-state index contributed by atoms with van der Waals surface area (Å²) in [6.45, 7) is 0. The van der Waals surface area contributed by atoms with Gasteiger partial charge in [0.2, 0.25) is 5.91 Å². The highest BCUT2D eigenvalue weighted by Gasteiger charge is 2.16. The van der Waals surface area contributed by atoms with Crippen molar-refractivity contribution in [2.45, 2.75) is 19.3 Å². The van der Waals surface area contributed by atoms with Crippen LogP contribution in [-0.2, 0) is 11.2 Å². The van der Waals surface area contributed by atoms with Crippen LogP contribution in [0.5, 0.6) is 0 Å². The van der Waals surface area contributed by atoms with E-state index in [0.717, 1.165) is 45.9 Å². The van der Waals surface area contributed by atoms with Crippen LogP contribution in [0.2, 0.25) is 0 Å². The van der Waals surface area contributed by atoms with Gasteiger partial charge in [0.15, 0.2) is 0 Å². The van der Waals surface area contributed by atoms with E-state index in [-0.39, 0.29) is 11.8 Å². The highest BCUT2D eigenvalue weighted by atomic mass is 32.1. The van der Waals surface area contributed by atoms with Gasteiger partial charge in [-0.15, -0.1) is 11.3 Å². The summed E-state index contributed by atoms with van der Waals surface area (Å²) in [5.74, 6) is -0.165. The molecule has 2 N–H and O–H groups in total. The zero-order valence-corrected chi connectivity index (χ0v) is 18.0. The fourth-order valence-electron chi connectivity index (χ4n) is 3.70. The lowest BCUT2D eigenvalue weighted by Gasteiger charge is -2.10. The minimum absolute atomic E-state index is 0.0199. The van der Waals surface area contributed by atoms with Gasteiger partial charge in [0.05, 0.1) is 5.69 Å². The molecular weight excluding hydrogens is 420 g/mol. The number of aromatic nitrogens is 2. The molecule has 4 aromatic rings. The molecule has 158 valence electrons. The Bertz CT molecular complexity index is 1300. The topological polar surface area (TPSA) is 84.0 Å². The first-order chi connectivity index (χ1) is 15.7. The highest BCUT2D eigenvalue weighted by molar-refractivity contribution is 7.13. The Morgan fingerprint density at radius 3 is 2.81 bits per heavy atom. The molecule has 2 aromatic heterocycles. The second-order valence-corrected chi connectivity index (χ2v) is 8.45. The summed E-state index contributed by atoms with van der Waals surface area (Å²) < 4.78 is 0. The molecule has 7 heteroatoms. The first-order valence-electron chi connectivity index (χ1n) is 10.4. The van der Waals surface area contributed by atoms with Gasteiger partial charge >= 0.3 is 0 Å². The molecule has 0 aliphatic carbocycles. The molecule has 2 amide bonds. The van der Waals surface area contributed by atoms with Crippen LogP contribution in [0.3, 0.4) is 0 Å². The summed E-state index contributed by atoms with van der Waals surface area (Å²) in [7, 11) is 0. The van der Waals surface area contributed by atoms with Gasteiger partial charge in [-0.05, 0) is 60.9 Å². The van der Waals surface area contributed by atoms with Crippen molar-refractivity contribution in [2.24, 2.45) is 0 Å². The number of carbonyl (C=O) groups excluding carboxylic acids is 2. The Morgan fingerprint density at radius 1 is 1.03 bits per heavy atom. The Hall–Kier alpha value is -3.84. The predicted molar refractivity (Wildman–Crippen MR) is 127 cm³/mol. The summed E-state index contributed by atoms with van der Waals surface area (Å²) in [5.41, 5.74) is 5.81. The van der Waals surface area contributed by atoms with Crippen molar-refractivity contribution in [3.63, 3.8) is 0 Å². The van der Waals surface area contributed by atoms with E-state index < -0.39 is 0 Å². The van der Waals surface area contributed by atoms with Crippen molar-refractivity contribution in [2.75, 3.05) is 10.6 Å². The van der Waals surface area contributed by atoms with Crippen molar-refractivity contribution < 1.29 is 9.59 Å². The van der Waals surface area contributed by atoms with E-state index in [1.54, 1.807) is 35.9 Å². The van der Waals surface area contributed by atoms with Crippen molar-refractivity contribution in [1.29, 1.82) is 0 Å². The van der Waals surface area contributed by atoms with Crippen LogP contribution < -0.4 is 10.6 Å². The molecule has 0 unspecified atom stereocenters. The van der Waals surface area contributed by atoms with Crippen LogP contribution >= 0.6 is 11.3 Å². The monoisotopic (exact) mass is 440 g/mol. The molecule has 0 radical (unpaired) electrons. The van der Waals surface area contributed by atoms with E-state index in [1.807, 2.05) is 47.8 Å². The molecule has 0 fully saturated rings. The van der Waals surface area contributed by atoms with E-state index in [2.05, 4.69) is 15.6 Å². The van der Waals surface area contributed by atoms with Gasteiger partial charge in [0.1, 0.15) is 5.01 Å². The highest BCUT2D eigenvalue weighted by Crippen LogP contribution is 2.30.